The van der Waals surface area contributed by atoms with Gasteiger partial charge in [-0.2, -0.15) is 0 Å². The van der Waals surface area contributed by atoms with Crippen LogP contribution in [0, 0.1) is 0 Å². The van der Waals surface area contributed by atoms with E-state index in [-0.39, 0.29) is 0 Å². The van der Waals surface area contributed by atoms with Gasteiger partial charge in [-0.3, -0.25) is 10.2 Å². The summed E-state index contributed by atoms with van der Waals surface area (Å²) in [4.78, 5) is 18.5. The zero-order valence-electron chi connectivity index (χ0n) is 14.1. The molecule has 0 bridgehead atoms. The van der Waals surface area contributed by atoms with Crippen molar-refractivity contribution >= 4 is 11.9 Å². The number of hydrogen-bond acceptors (Lipinski definition) is 4. The van der Waals surface area contributed by atoms with E-state index in [9.17, 15) is 4.79 Å². The zero-order chi connectivity index (χ0) is 16.2. The minimum atomic E-state index is -0.507. The summed E-state index contributed by atoms with van der Waals surface area (Å²) in [7, 11) is 0. The Bertz CT molecular complexity index is 488. The van der Waals surface area contributed by atoms with Crippen LogP contribution in [-0.4, -0.2) is 34.7 Å². The van der Waals surface area contributed by atoms with E-state index >= 15 is 0 Å². The molecule has 22 heavy (non-hydrogen) atoms. The van der Waals surface area contributed by atoms with Crippen molar-refractivity contribution in [2.24, 2.45) is 0 Å². The number of hydrogen-bond donors (Lipinski definition) is 1. The summed E-state index contributed by atoms with van der Waals surface area (Å²) < 4.78 is 5.22. The Kier molecular flexibility index (Phi) is 5.40. The number of piperidine rings is 1. The van der Waals surface area contributed by atoms with Crippen LogP contribution >= 0.6 is 0 Å². The van der Waals surface area contributed by atoms with Gasteiger partial charge < -0.3 is 4.74 Å². The maximum absolute atomic E-state index is 11.7. The fraction of sp³-hybridized carbons (Fsp3) is 0.647. The molecule has 1 fully saturated rings. The van der Waals surface area contributed by atoms with E-state index in [0.29, 0.717) is 11.9 Å². The van der Waals surface area contributed by atoms with Crippen LogP contribution in [0.2, 0.25) is 0 Å². The summed E-state index contributed by atoms with van der Waals surface area (Å²) in [6.07, 6.45) is 5.25. The van der Waals surface area contributed by atoms with Gasteiger partial charge in [0.2, 0.25) is 0 Å². The van der Waals surface area contributed by atoms with Gasteiger partial charge in [0, 0.05) is 12.2 Å². The van der Waals surface area contributed by atoms with Gasteiger partial charge >= 0.3 is 6.09 Å². The smallest absolute Gasteiger partial charge is 0.413 e. The van der Waals surface area contributed by atoms with Crippen LogP contribution in [0.5, 0.6) is 0 Å². The number of aromatic nitrogens is 1. The van der Waals surface area contributed by atoms with E-state index in [1.807, 2.05) is 39.1 Å². The Hall–Kier alpha value is -1.62. The summed E-state index contributed by atoms with van der Waals surface area (Å²) in [5.74, 6) is 0.517. The molecule has 2 heterocycles. The molecule has 2 rings (SSSR count). The van der Waals surface area contributed by atoms with Crippen molar-refractivity contribution in [2.45, 2.75) is 58.6 Å². The molecular formula is C17H27N3O2. The van der Waals surface area contributed by atoms with Gasteiger partial charge in [0.25, 0.3) is 0 Å². The Morgan fingerprint density at radius 1 is 1.27 bits per heavy atom. The van der Waals surface area contributed by atoms with Crippen LogP contribution in [0.3, 0.4) is 0 Å². The van der Waals surface area contributed by atoms with E-state index in [0.717, 1.165) is 13.1 Å². The van der Waals surface area contributed by atoms with Crippen LogP contribution in [0.1, 0.15) is 58.6 Å². The number of ether oxygens (including phenoxy) is 1. The molecular weight excluding hydrogens is 278 g/mol. The van der Waals surface area contributed by atoms with Gasteiger partial charge in [0.15, 0.2) is 0 Å². The lowest BCUT2D eigenvalue weighted by Crippen LogP contribution is -2.32. The van der Waals surface area contributed by atoms with E-state index in [2.05, 4.69) is 22.1 Å². The van der Waals surface area contributed by atoms with Crippen molar-refractivity contribution in [2.75, 3.05) is 18.4 Å². The van der Waals surface area contributed by atoms with Crippen LogP contribution < -0.4 is 5.32 Å². The van der Waals surface area contributed by atoms with E-state index in [1.165, 1.54) is 24.8 Å². The van der Waals surface area contributed by atoms with Crippen molar-refractivity contribution in [3.63, 3.8) is 0 Å². The highest BCUT2D eigenvalue weighted by Gasteiger charge is 2.19. The summed E-state index contributed by atoms with van der Waals surface area (Å²) >= 11 is 0. The molecule has 1 amide bonds. The Labute approximate surface area is 133 Å². The molecule has 1 aromatic heterocycles. The van der Waals surface area contributed by atoms with Crippen LogP contribution in [0.25, 0.3) is 0 Å². The third kappa shape index (κ3) is 4.98. The van der Waals surface area contributed by atoms with Gasteiger partial charge in [-0.15, -0.1) is 0 Å². The minimum Gasteiger partial charge on any atom is -0.444 e. The largest absolute Gasteiger partial charge is 0.444 e. The van der Waals surface area contributed by atoms with Crippen molar-refractivity contribution in [1.29, 1.82) is 0 Å². The number of carbonyl (C=O) groups excluding carboxylic acids is 1. The fourth-order valence-electron chi connectivity index (χ4n) is 2.65. The molecule has 0 saturated carbocycles. The van der Waals surface area contributed by atoms with E-state index in [1.54, 1.807) is 0 Å². The number of amides is 1. The molecule has 0 aliphatic carbocycles. The molecule has 1 aliphatic heterocycles. The first-order valence-electron chi connectivity index (χ1n) is 8.05. The third-order valence-electron chi connectivity index (χ3n) is 3.84. The second-order valence-electron chi connectivity index (χ2n) is 6.88. The second-order valence-corrected chi connectivity index (χ2v) is 6.88. The molecule has 1 atom stereocenters. The second kappa shape index (κ2) is 7.09. The Morgan fingerprint density at radius 2 is 1.95 bits per heavy atom. The van der Waals surface area contributed by atoms with E-state index < -0.39 is 11.7 Å². The fourth-order valence-corrected chi connectivity index (χ4v) is 2.65. The monoisotopic (exact) mass is 305 g/mol. The molecule has 1 saturated heterocycles. The summed E-state index contributed by atoms with van der Waals surface area (Å²) in [5.41, 5.74) is 0.670. The topological polar surface area (TPSA) is 54.5 Å². The van der Waals surface area contributed by atoms with Crippen LogP contribution in [-0.2, 0) is 4.74 Å². The van der Waals surface area contributed by atoms with Gasteiger partial charge in [-0.1, -0.05) is 12.5 Å². The molecule has 0 spiro atoms. The number of nitrogens with zero attached hydrogens (tertiary/aromatic N) is 2. The van der Waals surface area contributed by atoms with Crippen molar-refractivity contribution in [1.82, 2.24) is 9.88 Å². The van der Waals surface area contributed by atoms with Gasteiger partial charge in [-0.05, 0) is 65.3 Å². The van der Waals surface area contributed by atoms with Crippen LogP contribution in [0.15, 0.2) is 18.3 Å². The number of carbonyl (C=O) groups is 1. The first-order valence-corrected chi connectivity index (χ1v) is 8.05. The standard InChI is InChI=1S/C17H27N3O2/c1-13(20-10-6-5-7-11-20)14-8-9-15(18-12-14)19-16(21)22-17(2,3)4/h8-9,12-13H,5-7,10-11H2,1-4H3,(H,18,19,21). The highest BCUT2D eigenvalue weighted by molar-refractivity contribution is 5.83. The highest BCUT2D eigenvalue weighted by atomic mass is 16.6. The number of nitrogens with one attached hydrogen (secondary N) is 1. The summed E-state index contributed by atoms with van der Waals surface area (Å²) in [6.45, 7) is 10.0. The van der Waals surface area contributed by atoms with Gasteiger partial charge in [0.05, 0.1) is 0 Å². The molecule has 1 unspecified atom stereocenters. The van der Waals surface area contributed by atoms with Crippen molar-refractivity contribution < 1.29 is 9.53 Å². The quantitative estimate of drug-likeness (QED) is 0.918. The first-order chi connectivity index (χ1) is 10.3. The third-order valence-corrected chi connectivity index (χ3v) is 3.84. The average Bonchev–Trinajstić information content (AvgIpc) is 2.46. The highest BCUT2D eigenvalue weighted by Crippen LogP contribution is 2.24. The number of likely N-dealkylation sites (tertiary alicyclic amines) is 1. The van der Waals surface area contributed by atoms with Gasteiger partial charge in [0.1, 0.15) is 11.4 Å². The lowest BCUT2D eigenvalue weighted by atomic mass is 10.0. The molecule has 0 radical (unpaired) electrons. The lowest BCUT2D eigenvalue weighted by molar-refractivity contribution is 0.0635. The van der Waals surface area contributed by atoms with Crippen molar-refractivity contribution in [3.05, 3.63) is 23.9 Å². The molecule has 1 N–H and O–H groups in total. The predicted octanol–water partition coefficient (Wildman–Crippen LogP) is 3.98. The lowest BCUT2D eigenvalue weighted by Gasteiger charge is -2.32. The molecule has 5 heteroatoms. The number of pyridine rings is 1. The molecule has 1 aromatic rings. The Morgan fingerprint density at radius 3 is 2.50 bits per heavy atom. The average molecular weight is 305 g/mol. The number of rotatable bonds is 3. The zero-order valence-corrected chi connectivity index (χ0v) is 14.1. The number of anilines is 1. The predicted molar refractivity (Wildman–Crippen MR) is 87.9 cm³/mol. The molecule has 122 valence electrons. The maximum Gasteiger partial charge on any atom is 0.413 e. The molecule has 1 aliphatic rings. The first kappa shape index (κ1) is 16.7. The minimum absolute atomic E-state index is 0.364. The van der Waals surface area contributed by atoms with Crippen molar-refractivity contribution in [3.8, 4) is 0 Å². The Balaban J connectivity index is 1.93. The molecule has 5 nitrogen and oxygen atoms in total. The molecule has 0 aromatic carbocycles. The summed E-state index contributed by atoms with van der Waals surface area (Å²) in [5, 5.41) is 2.66. The summed E-state index contributed by atoms with van der Waals surface area (Å²) in [6, 6.07) is 4.22. The maximum atomic E-state index is 11.7. The SMILES string of the molecule is CC(c1ccc(NC(=O)OC(C)(C)C)nc1)N1CCCCC1. The van der Waals surface area contributed by atoms with Gasteiger partial charge in [-0.25, -0.2) is 9.78 Å². The van der Waals surface area contributed by atoms with Crippen LogP contribution in [0.4, 0.5) is 10.6 Å². The van der Waals surface area contributed by atoms with E-state index in [4.69, 9.17) is 4.74 Å². The normalized spacial score (nSPS) is 17.8.